The minimum absolute atomic E-state index is 0.0575. The van der Waals surface area contributed by atoms with Crippen LogP contribution in [-0.2, 0) is 22.7 Å². The van der Waals surface area contributed by atoms with Gasteiger partial charge in [-0.25, -0.2) is 0 Å². The molecule has 0 radical (unpaired) electrons. The topological polar surface area (TPSA) is 77.4 Å². The Kier molecular flexibility index (Phi) is 16.1. The maximum atomic E-state index is 11.2. The van der Waals surface area contributed by atoms with Gasteiger partial charge in [0.05, 0.1) is 51.8 Å². The summed E-state index contributed by atoms with van der Waals surface area (Å²) < 4.78 is 22.6. The van der Waals surface area contributed by atoms with Gasteiger partial charge < -0.3 is 29.2 Å². The molecule has 0 bridgehead atoms. The van der Waals surface area contributed by atoms with Crippen molar-refractivity contribution in [2.75, 3.05) is 14.2 Å². The van der Waals surface area contributed by atoms with Gasteiger partial charge in [0.2, 0.25) is 0 Å². The van der Waals surface area contributed by atoms with Crippen molar-refractivity contribution in [3.05, 3.63) is 107 Å². The fourth-order valence-corrected chi connectivity index (χ4v) is 4.73. The lowest BCUT2D eigenvalue weighted by molar-refractivity contribution is -0.0334. The molecule has 0 amide bonds. The lowest BCUT2D eigenvalue weighted by atomic mass is 9.90. The highest BCUT2D eigenvalue weighted by Gasteiger charge is 2.20. The van der Waals surface area contributed by atoms with Crippen molar-refractivity contribution in [3.63, 3.8) is 0 Å². The van der Waals surface area contributed by atoms with Gasteiger partial charge in [-0.05, 0) is 93.5 Å². The van der Waals surface area contributed by atoms with Gasteiger partial charge in [0, 0.05) is 5.92 Å². The summed E-state index contributed by atoms with van der Waals surface area (Å²) in [7, 11) is 3.29. The van der Waals surface area contributed by atoms with Crippen LogP contribution in [0.1, 0.15) is 65.0 Å². The van der Waals surface area contributed by atoms with Crippen molar-refractivity contribution in [3.8, 4) is 11.5 Å². The molecule has 2 N–H and O–H groups in total. The Labute approximate surface area is 259 Å². The molecule has 0 aromatic heterocycles. The monoisotopic (exact) mass is 592 g/mol. The summed E-state index contributed by atoms with van der Waals surface area (Å²) in [6, 6.07) is 15.6. The smallest absolute Gasteiger partial charge is 0.118 e. The summed E-state index contributed by atoms with van der Waals surface area (Å²) in [6.45, 7) is 14.8. The standard InChI is InChI=1S/C37H52O6/c1-9-11-36(43-25-31-15-19-34(41-8)20-16-31)27(4)23-32(10-2)37(39)28(5)22-26(3)12-21-35(38)29(6)42-24-30-13-17-33(40-7)18-14-30/h9,12-20,22-23,29,32,35-39H,1,10-11,21,24-25H2,2-8H3/b26-12+,27-23+,28-22+/t29-,32+,35+,36+,37+/m1/s1. The number of hydrogen-bond acceptors (Lipinski definition) is 6. The van der Waals surface area contributed by atoms with Crippen molar-refractivity contribution in [1.82, 2.24) is 0 Å². The molecule has 43 heavy (non-hydrogen) atoms. The van der Waals surface area contributed by atoms with E-state index in [2.05, 4.69) is 26.5 Å². The molecular formula is C37H52O6. The minimum Gasteiger partial charge on any atom is -0.497 e. The molecular weight excluding hydrogens is 540 g/mol. The summed E-state index contributed by atoms with van der Waals surface area (Å²) >= 11 is 0. The molecule has 2 aromatic carbocycles. The van der Waals surface area contributed by atoms with Crippen LogP contribution < -0.4 is 9.47 Å². The van der Waals surface area contributed by atoms with E-state index >= 15 is 0 Å². The molecule has 236 valence electrons. The average molecular weight is 593 g/mol. The van der Waals surface area contributed by atoms with E-state index in [1.54, 1.807) is 14.2 Å². The first-order valence-corrected chi connectivity index (χ1v) is 15.1. The number of allylic oxidation sites excluding steroid dienone is 2. The summed E-state index contributed by atoms with van der Waals surface area (Å²) in [5, 5.41) is 21.9. The second-order valence-electron chi connectivity index (χ2n) is 11.1. The number of aliphatic hydroxyl groups excluding tert-OH is 2. The van der Waals surface area contributed by atoms with Crippen LogP contribution in [0.25, 0.3) is 0 Å². The zero-order valence-electron chi connectivity index (χ0n) is 27.1. The molecule has 0 aliphatic heterocycles. The van der Waals surface area contributed by atoms with Crippen LogP contribution in [-0.4, -0.2) is 48.8 Å². The predicted octanol–water partition coefficient (Wildman–Crippen LogP) is 7.75. The van der Waals surface area contributed by atoms with Crippen LogP contribution in [0.2, 0.25) is 0 Å². The molecule has 0 aliphatic carbocycles. The number of aliphatic hydroxyl groups is 2. The number of ether oxygens (including phenoxy) is 4. The molecule has 0 heterocycles. The number of hydrogen-bond donors (Lipinski definition) is 2. The largest absolute Gasteiger partial charge is 0.497 e. The summed E-state index contributed by atoms with van der Waals surface area (Å²) in [4.78, 5) is 0. The van der Waals surface area contributed by atoms with E-state index in [1.165, 1.54) is 0 Å². The van der Waals surface area contributed by atoms with E-state index in [9.17, 15) is 10.2 Å². The van der Waals surface area contributed by atoms with Crippen LogP contribution in [0.5, 0.6) is 11.5 Å². The molecule has 0 unspecified atom stereocenters. The Hall–Kier alpha value is -3.16. The Bertz CT molecular complexity index is 1180. The van der Waals surface area contributed by atoms with E-state index in [-0.39, 0.29) is 18.1 Å². The van der Waals surface area contributed by atoms with Crippen molar-refractivity contribution >= 4 is 0 Å². The molecule has 0 saturated carbocycles. The third kappa shape index (κ3) is 12.5. The highest BCUT2D eigenvalue weighted by atomic mass is 16.5. The van der Waals surface area contributed by atoms with Gasteiger partial charge in [0.1, 0.15) is 11.5 Å². The lowest BCUT2D eigenvalue weighted by Crippen LogP contribution is -2.25. The molecule has 2 rings (SSSR count). The van der Waals surface area contributed by atoms with E-state index in [4.69, 9.17) is 18.9 Å². The van der Waals surface area contributed by atoms with Crippen molar-refractivity contribution in [2.24, 2.45) is 5.92 Å². The number of methoxy groups -OCH3 is 2. The summed E-state index contributed by atoms with van der Waals surface area (Å²) in [6.07, 6.45) is 8.20. The Morgan fingerprint density at radius 1 is 0.814 bits per heavy atom. The molecule has 5 atom stereocenters. The second kappa shape index (κ2) is 19.2. The number of rotatable bonds is 19. The van der Waals surface area contributed by atoms with Gasteiger partial charge in [-0.1, -0.05) is 61.1 Å². The van der Waals surface area contributed by atoms with Gasteiger partial charge >= 0.3 is 0 Å². The van der Waals surface area contributed by atoms with Crippen LogP contribution in [0, 0.1) is 5.92 Å². The van der Waals surface area contributed by atoms with E-state index in [0.29, 0.717) is 26.1 Å². The van der Waals surface area contributed by atoms with Crippen LogP contribution in [0.15, 0.2) is 96.1 Å². The fraction of sp³-hybridized carbons (Fsp3) is 0.459. The fourth-order valence-electron chi connectivity index (χ4n) is 4.73. The number of benzene rings is 2. The first kappa shape index (κ1) is 36.0. The predicted molar refractivity (Wildman–Crippen MR) is 175 cm³/mol. The zero-order chi connectivity index (χ0) is 31.8. The Balaban J connectivity index is 1.96. The summed E-state index contributed by atoms with van der Waals surface area (Å²) in [5.74, 6) is 1.56. The van der Waals surface area contributed by atoms with E-state index < -0.39 is 12.2 Å². The van der Waals surface area contributed by atoms with Gasteiger partial charge in [0.25, 0.3) is 0 Å². The molecule has 0 fully saturated rings. The molecule has 2 aromatic rings. The third-order valence-corrected chi connectivity index (χ3v) is 7.67. The molecule has 0 saturated heterocycles. The molecule has 6 nitrogen and oxygen atoms in total. The average Bonchev–Trinajstić information content (AvgIpc) is 3.03. The van der Waals surface area contributed by atoms with Gasteiger partial charge in [-0.15, -0.1) is 6.58 Å². The van der Waals surface area contributed by atoms with Crippen LogP contribution >= 0.6 is 0 Å². The normalized spacial score (nSPS) is 16.3. The van der Waals surface area contributed by atoms with Crippen LogP contribution in [0.3, 0.4) is 0 Å². The van der Waals surface area contributed by atoms with Gasteiger partial charge in [0.15, 0.2) is 0 Å². The SMILES string of the molecule is C=CC[C@H](OCc1ccc(OC)cc1)/C(C)=C/[C@H](CC)[C@@H](O)/C(C)=C/C(C)=C/C[C@H](O)[C@@H](C)OCc1ccc(OC)cc1. The molecule has 0 spiro atoms. The maximum absolute atomic E-state index is 11.2. The van der Waals surface area contributed by atoms with Crippen molar-refractivity contribution in [1.29, 1.82) is 0 Å². The Morgan fingerprint density at radius 3 is 1.84 bits per heavy atom. The summed E-state index contributed by atoms with van der Waals surface area (Å²) in [5.41, 5.74) is 5.03. The molecule has 6 heteroatoms. The lowest BCUT2D eigenvalue weighted by Gasteiger charge is -2.23. The van der Waals surface area contributed by atoms with Gasteiger partial charge in [-0.2, -0.15) is 0 Å². The first-order chi connectivity index (χ1) is 20.6. The van der Waals surface area contributed by atoms with Crippen LogP contribution in [0.4, 0.5) is 0 Å². The van der Waals surface area contributed by atoms with E-state index in [1.807, 2.05) is 87.5 Å². The van der Waals surface area contributed by atoms with E-state index in [0.717, 1.165) is 45.8 Å². The highest BCUT2D eigenvalue weighted by Crippen LogP contribution is 2.24. The molecule has 0 aliphatic rings. The first-order valence-electron chi connectivity index (χ1n) is 15.1. The highest BCUT2D eigenvalue weighted by molar-refractivity contribution is 5.28. The Morgan fingerprint density at radius 2 is 1.35 bits per heavy atom. The quantitative estimate of drug-likeness (QED) is 0.128. The van der Waals surface area contributed by atoms with Crippen molar-refractivity contribution < 1.29 is 29.2 Å². The minimum atomic E-state index is -0.638. The third-order valence-electron chi connectivity index (χ3n) is 7.67. The van der Waals surface area contributed by atoms with Crippen molar-refractivity contribution in [2.45, 2.75) is 91.5 Å². The zero-order valence-corrected chi connectivity index (χ0v) is 27.1. The maximum Gasteiger partial charge on any atom is 0.118 e. The second-order valence-corrected chi connectivity index (χ2v) is 11.1. The van der Waals surface area contributed by atoms with Gasteiger partial charge in [-0.3, -0.25) is 0 Å².